The first-order valence-electron chi connectivity index (χ1n) is 10.2. The monoisotopic (exact) mass is 423 g/mol. The third-order valence-corrected chi connectivity index (χ3v) is 6.13. The lowest BCUT2D eigenvalue weighted by Crippen LogP contribution is -2.34. The number of hydrogen-bond donors (Lipinski definition) is 1. The molecule has 7 heteroatoms. The number of anilines is 1. The molecule has 0 radical (unpaired) electrons. The Morgan fingerprint density at radius 1 is 1.23 bits per heavy atom. The predicted octanol–water partition coefficient (Wildman–Crippen LogP) is 3.01. The Labute approximate surface area is 176 Å². The van der Waals surface area contributed by atoms with Crippen LogP contribution in [0.15, 0.2) is 36.1 Å². The first kappa shape index (κ1) is 20.3. The zero-order valence-electron chi connectivity index (χ0n) is 17.2. The standard InChI is InChI=1S/C23H25N3O3S/c1-3-29-19-8-5-9-20-21(15-24)23(26(22(20)14-19)18-6-4-7-18)16-10-12-17(13-11-16)25-30(2,27)28/h8-14,18,25H,3-7H2,1-2H3. The van der Waals surface area contributed by atoms with Gasteiger partial charge in [-0.15, -0.1) is 0 Å². The van der Waals surface area contributed by atoms with Crippen molar-refractivity contribution < 1.29 is 13.2 Å². The quantitative estimate of drug-likeness (QED) is 0.774. The van der Waals surface area contributed by atoms with E-state index in [0.29, 0.717) is 30.3 Å². The average Bonchev–Trinajstić information content (AvgIpc) is 2.80. The molecule has 1 aromatic heterocycles. The van der Waals surface area contributed by atoms with Gasteiger partial charge in [-0.1, -0.05) is 18.2 Å². The summed E-state index contributed by atoms with van der Waals surface area (Å²) in [6.45, 7) is 2.56. The fourth-order valence-electron chi connectivity index (χ4n) is 4.07. The van der Waals surface area contributed by atoms with Crippen molar-refractivity contribution in [3.8, 4) is 17.3 Å². The van der Waals surface area contributed by atoms with E-state index in [4.69, 9.17) is 4.74 Å². The van der Waals surface area contributed by atoms with Crippen LogP contribution < -0.4 is 15.3 Å². The minimum Gasteiger partial charge on any atom is -0.494 e. The number of benzene rings is 1. The number of ether oxygens (including phenoxy) is 1. The summed E-state index contributed by atoms with van der Waals surface area (Å²) in [5.74, 6) is 0.828. The Bertz CT molecular complexity index is 1260. The van der Waals surface area contributed by atoms with Crippen molar-refractivity contribution in [1.82, 2.24) is 4.57 Å². The lowest BCUT2D eigenvalue weighted by Gasteiger charge is -2.30. The molecule has 6 nitrogen and oxygen atoms in total. The van der Waals surface area contributed by atoms with Gasteiger partial charge in [-0.2, -0.15) is 5.26 Å². The molecule has 1 N–H and O–H groups in total. The Kier molecular flexibility index (Phi) is 5.44. The topological polar surface area (TPSA) is 84.1 Å². The Morgan fingerprint density at radius 2 is 1.97 bits per heavy atom. The van der Waals surface area contributed by atoms with Crippen LogP contribution in [-0.2, 0) is 14.8 Å². The third kappa shape index (κ3) is 3.88. The molecule has 0 unspecified atom stereocenters. The number of aromatic nitrogens is 1. The summed E-state index contributed by atoms with van der Waals surface area (Å²) < 4.78 is 33.6. The lowest BCUT2D eigenvalue weighted by atomic mass is 9.92. The van der Waals surface area contributed by atoms with Crippen molar-refractivity contribution in [3.05, 3.63) is 52.2 Å². The molecule has 156 valence electrons. The molecule has 2 aliphatic rings. The van der Waals surface area contributed by atoms with E-state index < -0.39 is 10.0 Å². The fourth-order valence-corrected chi connectivity index (χ4v) is 4.63. The fraction of sp³-hybridized carbons (Fsp3) is 0.348. The highest BCUT2D eigenvalue weighted by Crippen LogP contribution is 2.35. The molecule has 0 aliphatic heterocycles. The number of rotatable bonds is 6. The number of fused-ring (bicyclic) bond motifs is 1. The Balaban J connectivity index is 1.92. The van der Waals surface area contributed by atoms with E-state index in [1.807, 2.05) is 31.2 Å². The lowest BCUT2D eigenvalue weighted by molar-refractivity contribution is 0.247. The molecular weight excluding hydrogens is 398 g/mol. The first-order chi connectivity index (χ1) is 14.4. The molecule has 2 aromatic rings. The van der Waals surface area contributed by atoms with Crippen molar-refractivity contribution in [3.63, 3.8) is 0 Å². The van der Waals surface area contributed by atoms with E-state index in [1.165, 1.54) is 6.42 Å². The molecule has 0 amide bonds. The molecule has 0 atom stereocenters. The summed E-state index contributed by atoms with van der Waals surface area (Å²) in [5.41, 5.74) is 2.95. The second kappa shape index (κ2) is 8.04. The average molecular weight is 424 g/mol. The van der Waals surface area contributed by atoms with Gasteiger partial charge in [-0.05, 0) is 56.4 Å². The number of allylic oxidation sites excluding steroid dienone is 2. The molecule has 0 spiro atoms. The highest BCUT2D eigenvalue weighted by atomic mass is 32.2. The largest absolute Gasteiger partial charge is 0.494 e. The molecule has 4 rings (SSSR count). The second-order valence-electron chi connectivity index (χ2n) is 7.66. The maximum Gasteiger partial charge on any atom is 0.229 e. The molecule has 0 bridgehead atoms. The summed E-state index contributed by atoms with van der Waals surface area (Å²) >= 11 is 0. The van der Waals surface area contributed by atoms with Crippen LogP contribution in [0.3, 0.4) is 0 Å². The highest BCUT2D eigenvalue weighted by molar-refractivity contribution is 7.92. The van der Waals surface area contributed by atoms with Gasteiger partial charge in [-0.3, -0.25) is 4.72 Å². The van der Waals surface area contributed by atoms with E-state index >= 15 is 0 Å². The van der Waals surface area contributed by atoms with Gasteiger partial charge in [0.05, 0.1) is 29.5 Å². The van der Waals surface area contributed by atoms with Crippen LogP contribution in [0, 0.1) is 11.3 Å². The van der Waals surface area contributed by atoms with E-state index in [1.54, 1.807) is 12.1 Å². The normalized spacial score (nSPS) is 16.1. The smallest absolute Gasteiger partial charge is 0.229 e. The maximum atomic E-state index is 11.5. The van der Waals surface area contributed by atoms with Crippen LogP contribution in [0.2, 0.25) is 0 Å². The van der Waals surface area contributed by atoms with Crippen molar-refractivity contribution >= 4 is 27.9 Å². The summed E-state index contributed by atoms with van der Waals surface area (Å²) in [7, 11) is -3.34. The molecule has 30 heavy (non-hydrogen) atoms. The third-order valence-electron chi connectivity index (χ3n) is 5.53. The van der Waals surface area contributed by atoms with Crippen LogP contribution in [0.1, 0.15) is 44.2 Å². The Hall–Kier alpha value is -2.98. The zero-order valence-corrected chi connectivity index (χ0v) is 18.0. The van der Waals surface area contributed by atoms with Crippen LogP contribution >= 0.6 is 0 Å². The summed E-state index contributed by atoms with van der Waals surface area (Å²) in [6.07, 6.45) is 11.3. The molecular formula is C23H25N3O3S. The van der Waals surface area contributed by atoms with Crippen LogP contribution in [0.5, 0.6) is 0 Å². The SMILES string of the molecule is CCOC1=CCC=c2c(C#N)c(-c3ccc(NS(C)(=O)=O)cc3)n(C3CCC3)c2=C1. The number of hydrogen-bond acceptors (Lipinski definition) is 4. The molecule has 2 aliphatic carbocycles. The van der Waals surface area contributed by atoms with Gasteiger partial charge < -0.3 is 9.30 Å². The number of nitrogens with zero attached hydrogens (tertiary/aromatic N) is 2. The minimum absolute atomic E-state index is 0.343. The number of nitriles is 1. The summed E-state index contributed by atoms with van der Waals surface area (Å²) in [5, 5.41) is 12.0. The molecule has 1 fully saturated rings. The van der Waals surface area contributed by atoms with Gasteiger partial charge in [0.1, 0.15) is 11.8 Å². The summed E-state index contributed by atoms with van der Waals surface area (Å²) in [4.78, 5) is 0. The van der Waals surface area contributed by atoms with Gasteiger partial charge in [0.2, 0.25) is 10.0 Å². The maximum absolute atomic E-state index is 11.5. The minimum atomic E-state index is -3.34. The van der Waals surface area contributed by atoms with Crippen LogP contribution in [-0.4, -0.2) is 25.8 Å². The molecule has 1 saturated carbocycles. The van der Waals surface area contributed by atoms with Crippen molar-refractivity contribution in [2.24, 2.45) is 0 Å². The summed E-state index contributed by atoms with van der Waals surface area (Å²) in [6, 6.07) is 9.99. The first-order valence-corrected chi connectivity index (χ1v) is 12.1. The van der Waals surface area contributed by atoms with Crippen LogP contribution in [0.4, 0.5) is 5.69 Å². The zero-order chi connectivity index (χ0) is 21.3. The molecule has 1 aromatic carbocycles. The van der Waals surface area contributed by atoms with Gasteiger partial charge in [-0.25, -0.2) is 8.42 Å². The van der Waals surface area contributed by atoms with Crippen molar-refractivity contribution in [2.45, 2.75) is 38.6 Å². The van der Waals surface area contributed by atoms with E-state index in [0.717, 1.165) is 46.7 Å². The van der Waals surface area contributed by atoms with Crippen molar-refractivity contribution in [2.75, 3.05) is 17.6 Å². The number of nitrogens with one attached hydrogen (secondary N) is 1. The van der Waals surface area contributed by atoms with Gasteiger partial charge in [0, 0.05) is 23.0 Å². The van der Waals surface area contributed by atoms with Gasteiger partial charge >= 0.3 is 0 Å². The molecule has 0 saturated heterocycles. The molecule has 1 heterocycles. The highest BCUT2D eigenvalue weighted by Gasteiger charge is 2.27. The second-order valence-corrected chi connectivity index (χ2v) is 9.41. The predicted molar refractivity (Wildman–Crippen MR) is 118 cm³/mol. The van der Waals surface area contributed by atoms with Gasteiger partial charge in [0.25, 0.3) is 0 Å². The van der Waals surface area contributed by atoms with E-state index in [2.05, 4.69) is 21.4 Å². The van der Waals surface area contributed by atoms with Crippen molar-refractivity contribution in [1.29, 1.82) is 5.26 Å². The van der Waals surface area contributed by atoms with E-state index in [9.17, 15) is 13.7 Å². The Morgan fingerprint density at radius 3 is 2.53 bits per heavy atom. The van der Waals surface area contributed by atoms with Gasteiger partial charge in [0.15, 0.2) is 0 Å². The number of sulfonamides is 1. The van der Waals surface area contributed by atoms with Crippen LogP contribution in [0.25, 0.3) is 23.4 Å². The van der Waals surface area contributed by atoms with E-state index in [-0.39, 0.29) is 0 Å².